The quantitative estimate of drug-likeness (QED) is 0.612. The summed E-state index contributed by atoms with van der Waals surface area (Å²) in [5, 5.41) is 2.55. The van der Waals surface area contributed by atoms with Crippen LogP contribution in [0.1, 0.15) is 41.5 Å². The number of halogens is 2. The lowest BCUT2D eigenvalue weighted by atomic mass is 9.99. The third-order valence-corrected chi connectivity index (χ3v) is 8.26. The van der Waals surface area contributed by atoms with Crippen molar-refractivity contribution >= 4 is 39.2 Å². The van der Waals surface area contributed by atoms with Crippen LogP contribution in [0.4, 0.5) is 10.1 Å². The standard InChI is InChI=1S/C22H27ClFN3O5S/c1-5-32-22(29)19-13(2)26(4)14(3)20(19)33(30,31)27-10-6-7-15(12-27)21(28)25-16-8-9-18(24)17(23)11-16/h8-9,11,15H,5-7,10,12H2,1-4H3,(H,25,28)/t15-/m0/s1. The molecule has 2 heterocycles. The molecule has 1 atom stereocenters. The number of anilines is 1. The van der Waals surface area contributed by atoms with Crippen molar-refractivity contribution in [3.63, 3.8) is 0 Å². The summed E-state index contributed by atoms with van der Waals surface area (Å²) < 4.78 is 48.6. The molecule has 2 aromatic rings. The monoisotopic (exact) mass is 499 g/mol. The first-order chi connectivity index (χ1) is 15.5. The van der Waals surface area contributed by atoms with Crippen LogP contribution in [0.3, 0.4) is 0 Å². The number of nitrogens with zero attached hydrogens (tertiary/aromatic N) is 2. The minimum absolute atomic E-state index is 0.0179. The molecule has 8 nitrogen and oxygen atoms in total. The summed E-state index contributed by atoms with van der Waals surface area (Å²) in [4.78, 5) is 25.3. The van der Waals surface area contributed by atoms with Gasteiger partial charge in [0.05, 0.1) is 17.5 Å². The molecule has 0 unspecified atom stereocenters. The molecule has 0 saturated carbocycles. The first kappa shape index (κ1) is 25.2. The van der Waals surface area contributed by atoms with Gasteiger partial charge in [-0.15, -0.1) is 0 Å². The number of nitrogens with one attached hydrogen (secondary N) is 1. The number of rotatable bonds is 6. The summed E-state index contributed by atoms with van der Waals surface area (Å²) in [5.74, 6) is -2.30. The molecular formula is C22H27ClFN3O5S. The Morgan fingerprint density at radius 2 is 1.97 bits per heavy atom. The van der Waals surface area contributed by atoms with Crippen molar-refractivity contribution in [2.24, 2.45) is 13.0 Å². The Hall–Kier alpha value is -2.43. The van der Waals surface area contributed by atoms with E-state index >= 15 is 0 Å². The number of piperidine rings is 1. The first-order valence-electron chi connectivity index (χ1n) is 10.6. The van der Waals surface area contributed by atoms with Gasteiger partial charge in [0, 0.05) is 37.2 Å². The fraction of sp³-hybridized carbons (Fsp3) is 0.455. The number of carbonyl (C=O) groups is 2. The van der Waals surface area contributed by atoms with Gasteiger partial charge in [-0.05, 0) is 51.8 Å². The number of aromatic nitrogens is 1. The average molecular weight is 500 g/mol. The molecule has 33 heavy (non-hydrogen) atoms. The third-order valence-electron chi connectivity index (χ3n) is 5.94. The molecule has 1 amide bonds. The van der Waals surface area contributed by atoms with E-state index in [1.807, 2.05) is 0 Å². The number of amides is 1. The molecule has 1 fully saturated rings. The van der Waals surface area contributed by atoms with Crippen LogP contribution in [-0.4, -0.2) is 48.9 Å². The van der Waals surface area contributed by atoms with E-state index < -0.39 is 27.7 Å². The van der Waals surface area contributed by atoms with Crippen molar-refractivity contribution in [2.75, 3.05) is 25.0 Å². The van der Waals surface area contributed by atoms with Crippen LogP contribution in [0.15, 0.2) is 23.1 Å². The van der Waals surface area contributed by atoms with Crippen LogP contribution in [-0.2, 0) is 26.6 Å². The Kier molecular flexibility index (Phi) is 7.50. The van der Waals surface area contributed by atoms with E-state index in [1.54, 1.807) is 32.4 Å². The van der Waals surface area contributed by atoms with Crippen LogP contribution in [0.25, 0.3) is 0 Å². The maximum absolute atomic E-state index is 13.6. The molecule has 1 aliphatic heterocycles. The summed E-state index contributed by atoms with van der Waals surface area (Å²) in [6.45, 7) is 5.25. The second kappa shape index (κ2) is 9.82. The number of sulfonamides is 1. The Morgan fingerprint density at radius 1 is 1.27 bits per heavy atom. The topological polar surface area (TPSA) is 97.7 Å². The number of carbonyl (C=O) groups excluding carboxylic acids is 2. The van der Waals surface area contributed by atoms with E-state index in [9.17, 15) is 22.4 Å². The lowest BCUT2D eigenvalue weighted by Crippen LogP contribution is -2.44. The van der Waals surface area contributed by atoms with Gasteiger partial charge in [-0.25, -0.2) is 17.6 Å². The van der Waals surface area contributed by atoms with Crippen molar-refractivity contribution in [3.05, 3.63) is 46.0 Å². The predicted molar refractivity (Wildman–Crippen MR) is 122 cm³/mol. The van der Waals surface area contributed by atoms with Crippen molar-refractivity contribution in [3.8, 4) is 0 Å². The fourth-order valence-corrected chi connectivity index (χ4v) is 6.18. The molecular weight excluding hydrogens is 473 g/mol. The number of hydrogen-bond acceptors (Lipinski definition) is 5. The van der Waals surface area contributed by atoms with E-state index in [0.717, 1.165) is 6.07 Å². The molecule has 11 heteroatoms. The highest BCUT2D eigenvalue weighted by Gasteiger charge is 2.39. The first-order valence-corrected chi connectivity index (χ1v) is 12.4. The molecule has 0 aliphatic carbocycles. The maximum atomic E-state index is 13.6. The highest BCUT2D eigenvalue weighted by atomic mass is 35.5. The molecule has 1 N–H and O–H groups in total. The van der Waals surface area contributed by atoms with Gasteiger partial charge >= 0.3 is 5.97 Å². The van der Waals surface area contributed by atoms with Crippen molar-refractivity contribution in [1.82, 2.24) is 8.87 Å². The molecule has 180 valence electrons. The summed E-state index contributed by atoms with van der Waals surface area (Å²) in [5.41, 5.74) is 1.25. The zero-order valence-corrected chi connectivity index (χ0v) is 20.5. The molecule has 3 rings (SSSR count). The van der Waals surface area contributed by atoms with E-state index in [1.165, 1.54) is 16.4 Å². The zero-order valence-electron chi connectivity index (χ0n) is 18.9. The maximum Gasteiger partial charge on any atom is 0.341 e. The van der Waals surface area contributed by atoms with Gasteiger partial charge in [-0.1, -0.05) is 11.6 Å². The second-order valence-electron chi connectivity index (χ2n) is 7.97. The van der Waals surface area contributed by atoms with Crippen LogP contribution in [0, 0.1) is 25.6 Å². The van der Waals surface area contributed by atoms with Gasteiger partial charge in [-0.3, -0.25) is 4.79 Å². The smallest absolute Gasteiger partial charge is 0.341 e. The van der Waals surface area contributed by atoms with Gasteiger partial charge in [0.25, 0.3) is 0 Å². The summed E-state index contributed by atoms with van der Waals surface area (Å²) in [6, 6.07) is 3.83. The van der Waals surface area contributed by atoms with E-state index in [4.69, 9.17) is 16.3 Å². The summed E-state index contributed by atoms with van der Waals surface area (Å²) >= 11 is 5.77. The van der Waals surface area contributed by atoms with Gasteiger partial charge in [-0.2, -0.15) is 4.31 Å². The lowest BCUT2D eigenvalue weighted by Gasteiger charge is -2.31. The van der Waals surface area contributed by atoms with Gasteiger partial charge in [0.15, 0.2) is 0 Å². The number of hydrogen-bond donors (Lipinski definition) is 1. The highest BCUT2D eigenvalue weighted by Crippen LogP contribution is 2.32. The van der Waals surface area contributed by atoms with Gasteiger partial charge < -0.3 is 14.6 Å². The number of ether oxygens (including phenoxy) is 1. The Morgan fingerprint density at radius 3 is 2.61 bits per heavy atom. The van der Waals surface area contributed by atoms with Crippen molar-refractivity contribution < 1.29 is 27.1 Å². The Balaban J connectivity index is 1.88. The second-order valence-corrected chi connectivity index (χ2v) is 10.3. The zero-order chi connectivity index (χ0) is 24.5. The molecule has 0 spiro atoms. The molecule has 0 radical (unpaired) electrons. The molecule has 1 saturated heterocycles. The lowest BCUT2D eigenvalue weighted by molar-refractivity contribution is -0.120. The minimum Gasteiger partial charge on any atom is -0.462 e. The molecule has 0 bridgehead atoms. The van der Waals surface area contributed by atoms with Crippen LogP contribution in [0.2, 0.25) is 5.02 Å². The van der Waals surface area contributed by atoms with E-state index in [0.29, 0.717) is 29.9 Å². The average Bonchev–Trinajstić information content (AvgIpc) is 3.01. The third kappa shape index (κ3) is 4.92. The van der Waals surface area contributed by atoms with Crippen molar-refractivity contribution in [2.45, 2.75) is 38.5 Å². The van der Waals surface area contributed by atoms with Crippen LogP contribution >= 0.6 is 11.6 Å². The Bertz CT molecular complexity index is 1200. The molecule has 1 aromatic heterocycles. The number of esters is 1. The van der Waals surface area contributed by atoms with Gasteiger partial charge in [0.1, 0.15) is 16.3 Å². The van der Waals surface area contributed by atoms with Crippen molar-refractivity contribution in [1.29, 1.82) is 0 Å². The van der Waals surface area contributed by atoms with Crippen LogP contribution in [0.5, 0.6) is 0 Å². The SMILES string of the molecule is CCOC(=O)c1c(S(=O)(=O)N2CCC[C@H](C(=O)Nc3ccc(F)c(Cl)c3)C2)c(C)n(C)c1C. The molecule has 1 aliphatic rings. The largest absolute Gasteiger partial charge is 0.462 e. The summed E-state index contributed by atoms with van der Waals surface area (Å²) in [6.07, 6.45) is 0.964. The van der Waals surface area contributed by atoms with Gasteiger partial charge in [0.2, 0.25) is 15.9 Å². The summed E-state index contributed by atoms with van der Waals surface area (Å²) in [7, 11) is -2.39. The number of benzene rings is 1. The normalized spacial score (nSPS) is 17.1. The van der Waals surface area contributed by atoms with Crippen LogP contribution < -0.4 is 5.32 Å². The highest BCUT2D eigenvalue weighted by molar-refractivity contribution is 7.89. The van der Waals surface area contributed by atoms with E-state index in [2.05, 4.69) is 5.32 Å². The fourth-order valence-electron chi connectivity index (χ4n) is 4.00. The van der Waals surface area contributed by atoms with E-state index in [-0.39, 0.29) is 41.1 Å². The molecule has 1 aromatic carbocycles. The Labute approximate surface area is 197 Å². The predicted octanol–water partition coefficient (Wildman–Crippen LogP) is 3.65. The minimum atomic E-state index is -4.08.